The van der Waals surface area contributed by atoms with Gasteiger partial charge in [-0.2, -0.15) is 0 Å². The highest BCUT2D eigenvalue weighted by Gasteiger charge is 2.13. The predicted octanol–water partition coefficient (Wildman–Crippen LogP) is 3.19. The van der Waals surface area contributed by atoms with Crippen molar-refractivity contribution in [3.05, 3.63) is 59.7 Å². The Morgan fingerprint density at radius 3 is 2.12 bits per heavy atom. The molecule has 0 aliphatic rings. The molecule has 4 N–H and O–H groups in total. The van der Waals surface area contributed by atoms with Gasteiger partial charge in [-0.05, 0) is 41.7 Å². The highest BCUT2D eigenvalue weighted by molar-refractivity contribution is 5.95. The van der Waals surface area contributed by atoms with Gasteiger partial charge >= 0.3 is 5.97 Å². The molecule has 25 heavy (non-hydrogen) atoms. The van der Waals surface area contributed by atoms with Gasteiger partial charge in [0.2, 0.25) is 0 Å². The van der Waals surface area contributed by atoms with E-state index in [0.29, 0.717) is 5.56 Å². The van der Waals surface area contributed by atoms with Crippen molar-refractivity contribution in [2.45, 2.75) is 38.8 Å². The summed E-state index contributed by atoms with van der Waals surface area (Å²) in [6.45, 7) is 2.18. The van der Waals surface area contributed by atoms with E-state index in [2.05, 4.69) is 36.5 Å². The van der Waals surface area contributed by atoms with Crippen LogP contribution in [0.3, 0.4) is 0 Å². The number of benzene rings is 2. The van der Waals surface area contributed by atoms with E-state index >= 15 is 0 Å². The van der Waals surface area contributed by atoms with E-state index in [0.717, 1.165) is 17.5 Å². The summed E-state index contributed by atoms with van der Waals surface area (Å²) in [6, 6.07) is 15.6. The van der Waals surface area contributed by atoms with Crippen molar-refractivity contribution >= 4 is 11.9 Å². The van der Waals surface area contributed by atoms with Crippen molar-refractivity contribution in [2.24, 2.45) is 5.73 Å². The van der Waals surface area contributed by atoms with Crippen molar-refractivity contribution in [1.29, 1.82) is 0 Å². The maximum absolute atomic E-state index is 12.0. The third-order valence-corrected chi connectivity index (χ3v) is 3.96. The van der Waals surface area contributed by atoms with Crippen molar-refractivity contribution < 1.29 is 14.7 Å². The molecule has 0 fully saturated rings. The number of nitrogens with one attached hydrogen (secondary N) is 1. The lowest BCUT2D eigenvalue weighted by molar-refractivity contribution is -0.137. The third-order valence-electron chi connectivity index (χ3n) is 3.96. The quantitative estimate of drug-likeness (QED) is 0.644. The largest absolute Gasteiger partial charge is 0.481 e. The monoisotopic (exact) mass is 340 g/mol. The van der Waals surface area contributed by atoms with Gasteiger partial charge in [0.05, 0.1) is 12.6 Å². The zero-order valence-corrected chi connectivity index (χ0v) is 14.4. The number of amides is 1. The summed E-state index contributed by atoms with van der Waals surface area (Å²) in [7, 11) is 0. The number of aryl methyl sites for hydroxylation is 1. The molecule has 1 atom stereocenters. The molecule has 1 amide bonds. The van der Waals surface area contributed by atoms with Crippen LogP contribution in [0.25, 0.3) is 11.1 Å². The first kappa shape index (κ1) is 18.7. The van der Waals surface area contributed by atoms with Crippen LogP contribution in [0.15, 0.2) is 48.5 Å². The summed E-state index contributed by atoms with van der Waals surface area (Å²) in [5, 5.41) is 11.1. The number of rotatable bonds is 8. The van der Waals surface area contributed by atoms with Gasteiger partial charge < -0.3 is 16.2 Å². The van der Waals surface area contributed by atoms with Crippen LogP contribution >= 0.6 is 0 Å². The molecule has 0 aromatic heterocycles. The molecule has 0 spiro atoms. The van der Waals surface area contributed by atoms with Crippen LogP contribution in [0.5, 0.6) is 0 Å². The molecular formula is C20H24N2O3. The summed E-state index contributed by atoms with van der Waals surface area (Å²) >= 11 is 0. The van der Waals surface area contributed by atoms with Crippen molar-refractivity contribution in [3.8, 4) is 11.1 Å². The van der Waals surface area contributed by atoms with Crippen LogP contribution in [0.4, 0.5) is 0 Å². The average Bonchev–Trinajstić information content (AvgIpc) is 2.59. The van der Waals surface area contributed by atoms with Crippen LogP contribution in [0.2, 0.25) is 0 Å². The van der Waals surface area contributed by atoms with Gasteiger partial charge in [-0.1, -0.05) is 49.7 Å². The second kappa shape index (κ2) is 8.99. The molecule has 2 aromatic carbocycles. The standard InChI is InChI=1S/C20H24N2O3/c1-2-3-4-14-5-7-15(8-6-14)16-9-11-17(12-10-16)20(25)22-18(21)13-19(23)24/h5-12,18H,2-4,13,21H2,1H3,(H,22,25)(H,23,24). The first-order valence-electron chi connectivity index (χ1n) is 8.47. The maximum atomic E-state index is 12.0. The third kappa shape index (κ3) is 5.72. The minimum absolute atomic E-state index is 0.311. The lowest BCUT2D eigenvalue weighted by atomic mass is 10.0. The molecule has 132 valence electrons. The molecule has 0 saturated heterocycles. The first-order chi connectivity index (χ1) is 12.0. The predicted molar refractivity (Wildman–Crippen MR) is 98.2 cm³/mol. The summed E-state index contributed by atoms with van der Waals surface area (Å²) in [4.78, 5) is 22.6. The number of hydrogen-bond acceptors (Lipinski definition) is 3. The fourth-order valence-electron chi connectivity index (χ4n) is 2.55. The van der Waals surface area contributed by atoms with Crippen molar-refractivity contribution in [2.75, 3.05) is 0 Å². The number of carbonyl (C=O) groups excluding carboxylic acids is 1. The number of nitrogens with two attached hydrogens (primary N) is 1. The van der Waals surface area contributed by atoms with Crippen LogP contribution in [0, 0.1) is 0 Å². The zero-order chi connectivity index (χ0) is 18.2. The SMILES string of the molecule is CCCCc1ccc(-c2ccc(C(=O)NC(N)CC(=O)O)cc2)cc1. The Morgan fingerprint density at radius 1 is 1.04 bits per heavy atom. The molecule has 2 rings (SSSR count). The number of hydrogen-bond donors (Lipinski definition) is 3. The molecule has 1 unspecified atom stereocenters. The Kier molecular flexibility index (Phi) is 6.71. The topological polar surface area (TPSA) is 92.4 Å². The molecule has 0 aliphatic carbocycles. The first-order valence-corrected chi connectivity index (χ1v) is 8.47. The number of unbranched alkanes of at least 4 members (excludes halogenated alkanes) is 1. The summed E-state index contributed by atoms with van der Waals surface area (Å²) in [5.41, 5.74) is 9.46. The molecule has 0 radical (unpaired) electrons. The molecule has 5 heteroatoms. The highest BCUT2D eigenvalue weighted by Crippen LogP contribution is 2.21. The molecule has 0 bridgehead atoms. The molecule has 0 saturated carbocycles. The molecular weight excluding hydrogens is 316 g/mol. The van der Waals surface area contributed by atoms with Crippen LogP contribution in [-0.4, -0.2) is 23.1 Å². The second-order valence-corrected chi connectivity index (χ2v) is 6.06. The molecule has 0 heterocycles. The molecule has 0 aliphatic heterocycles. The Labute approximate surface area is 147 Å². The normalized spacial score (nSPS) is 11.8. The zero-order valence-electron chi connectivity index (χ0n) is 14.4. The molecule has 2 aromatic rings. The van der Waals surface area contributed by atoms with Gasteiger partial charge in [-0.25, -0.2) is 0 Å². The van der Waals surface area contributed by atoms with Crippen LogP contribution in [-0.2, 0) is 11.2 Å². The number of aliphatic carboxylic acids is 1. The van der Waals surface area contributed by atoms with Gasteiger partial charge in [0.25, 0.3) is 5.91 Å². The van der Waals surface area contributed by atoms with Crippen molar-refractivity contribution in [3.63, 3.8) is 0 Å². The van der Waals surface area contributed by atoms with Crippen molar-refractivity contribution in [1.82, 2.24) is 5.32 Å². The van der Waals surface area contributed by atoms with E-state index in [1.165, 1.54) is 18.4 Å². The number of carboxylic acid groups (broad SMARTS) is 1. The van der Waals surface area contributed by atoms with Gasteiger partial charge in [0.15, 0.2) is 0 Å². The molecule has 5 nitrogen and oxygen atoms in total. The average molecular weight is 340 g/mol. The van der Waals surface area contributed by atoms with Crippen LogP contribution < -0.4 is 11.1 Å². The van der Waals surface area contributed by atoms with E-state index in [-0.39, 0.29) is 12.3 Å². The van der Waals surface area contributed by atoms with Crippen LogP contribution in [0.1, 0.15) is 42.1 Å². The van der Waals surface area contributed by atoms with Gasteiger partial charge in [-0.15, -0.1) is 0 Å². The van der Waals surface area contributed by atoms with Gasteiger partial charge in [0, 0.05) is 5.56 Å². The Morgan fingerprint density at radius 2 is 1.60 bits per heavy atom. The number of carboxylic acids is 1. The lowest BCUT2D eigenvalue weighted by Gasteiger charge is -2.12. The van der Waals surface area contributed by atoms with E-state index in [4.69, 9.17) is 10.8 Å². The summed E-state index contributed by atoms with van der Waals surface area (Å²) in [5.74, 6) is -1.43. The van der Waals surface area contributed by atoms with E-state index in [1.807, 2.05) is 12.1 Å². The fraction of sp³-hybridized carbons (Fsp3) is 0.300. The smallest absolute Gasteiger partial charge is 0.306 e. The fourth-order valence-corrected chi connectivity index (χ4v) is 2.55. The Hall–Kier alpha value is -2.66. The van der Waals surface area contributed by atoms with E-state index in [9.17, 15) is 9.59 Å². The van der Waals surface area contributed by atoms with Gasteiger partial charge in [-0.3, -0.25) is 9.59 Å². The summed E-state index contributed by atoms with van der Waals surface area (Å²) in [6.07, 6.45) is 2.25. The minimum Gasteiger partial charge on any atom is -0.481 e. The number of carbonyl (C=O) groups is 2. The highest BCUT2D eigenvalue weighted by atomic mass is 16.4. The summed E-state index contributed by atoms with van der Waals surface area (Å²) < 4.78 is 0. The van der Waals surface area contributed by atoms with E-state index in [1.54, 1.807) is 12.1 Å². The second-order valence-electron chi connectivity index (χ2n) is 6.06. The lowest BCUT2D eigenvalue weighted by Crippen LogP contribution is -2.42. The van der Waals surface area contributed by atoms with Gasteiger partial charge in [0.1, 0.15) is 0 Å². The Balaban J connectivity index is 2.01. The van der Waals surface area contributed by atoms with E-state index < -0.39 is 12.1 Å². The minimum atomic E-state index is -1.05. The maximum Gasteiger partial charge on any atom is 0.306 e. The Bertz CT molecular complexity index is 709.